The molecule has 0 bridgehead atoms. The van der Waals surface area contributed by atoms with Crippen molar-refractivity contribution in [3.05, 3.63) is 211 Å². The van der Waals surface area contributed by atoms with E-state index in [1.54, 1.807) is 0 Å². The number of para-hydroxylation sites is 2. The van der Waals surface area contributed by atoms with Crippen LogP contribution in [0.15, 0.2) is 188 Å². The molecular weight excluding hydrogens is 715 g/mol. The molecule has 0 N–H and O–H groups in total. The van der Waals surface area contributed by atoms with Crippen molar-refractivity contribution in [1.82, 2.24) is 9.13 Å². The third-order valence-corrected chi connectivity index (χ3v) is 13.0. The zero-order chi connectivity index (χ0) is 39.4. The lowest BCUT2D eigenvalue weighted by molar-refractivity contribution is 0.660. The van der Waals surface area contributed by atoms with Gasteiger partial charge in [0.15, 0.2) is 5.69 Å². The highest BCUT2D eigenvalue weighted by Crippen LogP contribution is 2.49. The molecular formula is C56H37N3. The van der Waals surface area contributed by atoms with E-state index in [-0.39, 0.29) is 5.41 Å². The second-order valence-electron chi connectivity index (χ2n) is 16.4. The number of hydrogen-bond donors (Lipinski definition) is 0. The van der Waals surface area contributed by atoms with E-state index in [9.17, 15) is 0 Å². The summed E-state index contributed by atoms with van der Waals surface area (Å²) in [5.74, 6) is 0. The molecule has 0 saturated heterocycles. The summed E-state index contributed by atoms with van der Waals surface area (Å²) in [7, 11) is 0. The summed E-state index contributed by atoms with van der Waals surface area (Å²) in [6.07, 6.45) is 0. The van der Waals surface area contributed by atoms with Gasteiger partial charge in [0.2, 0.25) is 0 Å². The molecule has 2 aromatic heterocycles. The topological polar surface area (TPSA) is 14.2 Å². The van der Waals surface area contributed by atoms with Crippen LogP contribution in [0.25, 0.3) is 104 Å². The Labute approximate surface area is 342 Å². The quantitative estimate of drug-likeness (QED) is 0.159. The maximum absolute atomic E-state index is 7.66. The lowest BCUT2D eigenvalue weighted by atomic mass is 9.82. The summed E-state index contributed by atoms with van der Waals surface area (Å²) in [4.78, 5) is 3.77. The fraction of sp³-hybridized carbons (Fsp3) is 0.0536. The van der Waals surface area contributed by atoms with Gasteiger partial charge in [-0.25, -0.2) is 4.85 Å². The van der Waals surface area contributed by atoms with Crippen molar-refractivity contribution in [2.75, 3.05) is 0 Å². The third kappa shape index (κ3) is 4.81. The van der Waals surface area contributed by atoms with Crippen LogP contribution < -0.4 is 0 Å². The second-order valence-corrected chi connectivity index (χ2v) is 16.4. The lowest BCUT2D eigenvalue weighted by Gasteiger charge is -2.22. The monoisotopic (exact) mass is 751 g/mol. The Bertz CT molecular complexity index is 3590. The van der Waals surface area contributed by atoms with Gasteiger partial charge >= 0.3 is 0 Å². The van der Waals surface area contributed by atoms with E-state index in [2.05, 4.69) is 192 Å². The first-order valence-corrected chi connectivity index (χ1v) is 20.3. The van der Waals surface area contributed by atoms with Crippen LogP contribution in [0.4, 0.5) is 5.69 Å². The lowest BCUT2D eigenvalue weighted by Crippen LogP contribution is -2.15. The van der Waals surface area contributed by atoms with Crippen LogP contribution in [0.5, 0.6) is 0 Å². The molecule has 3 nitrogen and oxygen atoms in total. The van der Waals surface area contributed by atoms with Gasteiger partial charge in [0.05, 0.1) is 28.6 Å². The number of rotatable bonds is 4. The van der Waals surface area contributed by atoms with Gasteiger partial charge in [-0.1, -0.05) is 141 Å². The summed E-state index contributed by atoms with van der Waals surface area (Å²) < 4.78 is 4.83. The molecule has 12 rings (SSSR count). The number of benzene rings is 9. The number of aromatic nitrogens is 2. The van der Waals surface area contributed by atoms with E-state index in [0.717, 1.165) is 27.6 Å². The van der Waals surface area contributed by atoms with Crippen molar-refractivity contribution < 1.29 is 0 Å². The van der Waals surface area contributed by atoms with Gasteiger partial charge in [0.1, 0.15) is 0 Å². The summed E-state index contributed by atoms with van der Waals surface area (Å²) in [6, 6.07) is 68.4. The van der Waals surface area contributed by atoms with Crippen molar-refractivity contribution in [1.29, 1.82) is 0 Å². The average molecular weight is 752 g/mol. The largest absolute Gasteiger partial charge is 0.309 e. The maximum Gasteiger partial charge on any atom is 0.194 e. The van der Waals surface area contributed by atoms with Crippen LogP contribution in [0.1, 0.15) is 25.0 Å². The minimum Gasteiger partial charge on any atom is -0.309 e. The summed E-state index contributed by atoms with van der Waals surface area (Å²) in [5, 5.41) is 7.05. The Morgan fingerprint density at radius 1 is 0.373 bits per heavy atom. The highest BCUT2D eigenvalue weighted by atomic mass is 15.0. The fourth-order valence-electron chi connectivity index (χ4n) is 10.1. The van der Waals surface area contributed by atoms with Crippen LogP contribution in [-0.2, 0) is 5.41 Å². The zero-order valence-corrected chi connectivity index (χ0v) is 32.7. The first kappa shape index (κ1) is 33.5. The standard InChI is InChI=1S/C56H37N3/c1-56(2)49-17-9-6-13-42(49)43-27-26-39(34-50(43)56)59-53-19-11-8-16-46(53)48-33-37(23-31-55(48)59)36-22-30-54-47(32-36)45-15-7-10-18-52(45)58(54)38-24-20-35(21-25-38)40-28-29-51(57-3)44-14-5-4-12-41(40)44/h4-34H,1-2H3. The molecule has 3 heteroatoms. The molecule has 2 heterocycles. The molecule has 0 radical (unpaired) electrons. The van der Waals surface area contributed by atoms with Gasteiger partial charge in [0.25, 0.3) is 0 Å². The molecule has 0 atom stereocenters. The Balaban J connectivity index is 0.962. The molecule has 9 aromatic carbocycles. The summed E-state index contributed by atoms with van der Waals surface area (Å²) in [6.45, 7) is 12.4. The fourth-order valence-corrected chi connectivity index (χ4v) is 10.1. The second kappa shape index (κ2) is 12.4. The molecule has 11 aromatic rings. The Hall–Kier alpha value is -7.67. The molecule has 0 saturated carbocycles. The molecule has 0 unspecified atom stereocenters. The van der Waals surface area contributed by atoms with Crippen molar-refractivity contribution in [2.24, 2.45) is 0 Å². The molecule has 0 amide bonds. The molecule has 0 fully saturated rings. The van der Waals surface area contributed by atoms with E-state index < -0.39 is 0 Å². The van der Waals surface area contributed by atoms with Gasteiger partial charge < -0.3 is 9.13 Å². The van der Waals surface area contributed by atoms with Crippen molar-refractivity contribution in [3.8, 4) is 44.8 Å². The molecule has 59 heavy (non-hydrogen) atoms. The van der Waals surface area contributed by atoms with E-state index in [4.69, 9.17) is 6.57 Å². The number of fused-ring (bicyclic) bond motifs is 10. The zero-order valence-electron chi connectivity index (χ0n) is 32.7. The van der Waals surface area contributed by atoms with Crippen LogP contribution in [0.3, 0.4) is 0 Å². The smallest absolute Gasteiger partial charge is 0.194 e. The van der Waals surface area contributed by atoms with Crippen molar-refractivity contribution >= 4 is 60.1 Å². The summed E-state index contributed by atoms with van der Waals surface area (Å²) >= 11 is 0. The predicted octanol–water partition coefficient (Wildman–Crippen LogP) is 15.2. The number of hydrogen-bond acceptors (Lipinski definition) is 0. The molecule has 0 aliphatic heterocycles. The normalized spacial score (nSPS) is 13.0. The maximum atomic E-state index is 7.66. The Morgan fingerprint density at radius 2 is 0.864 bits per heavy atom. The van der Waals surface area contributed by atoms with Crippen LogP contribution in [0.2, 0.25) is 0 Å². The first-order valence-electron chi connectivity index (χ1n) is 20.3. The van der Waals surface area contributed by atoms with Gasteiger partial charge in [-0.3, -0.25) is 0 Å². The van der Waals surface area contributed by atoms with Gasteiger partial charge in [-0.15, -0.1) is 0 Å². The average Bonchev–Trinajstić information content (AvgIpc) is 3.88. The minimum absolute atomic E-state index is 0.0681. The van der Waals surface area contributed by atoms with Crippen molar-refractivity contribution in [3.63, 3.8) is 0 Å². The Kier molecular flexibility index (Phi) is 7.04. The van der Waals surface area contributed by atoms with E-state index in [1.165, 1.54) is 82.7 Å². The molecule has 1 aliphatic carbocycles. The Morgan fingerprint density at radius 3 is 1.53 bits per heavy atom. The van der Waals surface area contributed by atoms with E-state index in [1.807, 2.05) is 24.3 Å². The SMILES string of the molecule is [C-]#[N+]c1ccc(-c2ccc(-n3c4ccccc4c4cc(-c5ccc6c(c5)c5ccccc5n6-c5ccc6c(c5)C(C)(C)c5ccccc5-6)ccc43)cc2)c2ccccc12. The van der Waals surface area contributed by atoms with Gasteiger partial charge in [-0.05, 0) is 116 Å². The van der Waals surface area contributed by atoms with Crippen LogP contribution in [-0.4, -0.2) is 9.13 Å². The third-order valence-electron chi connectivity index (χ3n) is 13.0. The van der Waals surface area contributed by atoms with Gasteiger partial charge in [0, 0.05) is 38.3 Å². The van der Waals surface area contributed by atoms with Crippen molar-refractivity contribution in [2.45, 2.75) is 19.3 Å². The first-order chi connectivity index (χ1) is 29.0. The number of nitrogens with zero attached hydrogens (tertiary/aromatic N) is 3. The highest BCUT2D eigenvalue weighted by molar-refractivity contribution is 6.13. The summed E-state index contributed by atoms with van der Waals surface area (Å²) in [5.41, 5.74) is 17.8. The van der Waals surface area contributed by atoms with E-state index in [0.29, 0.717) is 5.69 Å². The minimum atomic E-state index is -0.0681. The molecule has 276 valence electrons. The predicted molar refractivity (Wildman–Crippen MR) is 247 cm³/mol. The van der Waals surface area contributed by atoms with E-state index >= 15 is 0 Å². The van der Waals surface area contributed by atoms with Crippen LogP contribution >= 0.6 is 0 Å². The molecule has 0 spiro atoms. The van der Waals surface area contributed by atoms with Crippen LogP contribution in [0, 0.1) is 6.57 Å². The van der Waals surface area contributed by atoms with Gasteiger partial charge in [-0.2, -0.15) is 0 Å². The molecule has 1 aliphatic rings. The highest BCUT2D eigenvalue weighted by Gasteiger charge is 2.35.